The van der Waals surface area contributed by atoms with E-state index in [4.69, 9.17) is 14.5 Å². The van der Waals surface area contributed by atoms with Gasteiger partial charge in [0.05, 0.1) is 24.1 Å². The monoisotopic (exact) mass is 724 g/mol. The van der Waals surface area contributed by atoms with Crippen LogP contribution in [0.3, 0.4) is 0 Å². The molecule has 7 atom stereocenters. The van der Waals surface area contributed by atoms with Crippen molar-refractivity contribution >= 4 is 34.3 Å². The standard InChI is InChI=1S/C42H56N6O5/c1-8-47-35-16-15-28-20-31(35)32(38(47)30-13-9-17-43-37(30)27(4)52-7)21-42(5,6)24-53-41(51)33-14-11-19-48(45-33)40(50)34(23-46-18-10-12-29(28)22-46)44-39(49)36-25(2)26(36)3/h9,12-13,15-17,20,25-27,33-34,36,45H,8,10-11,14,18-19,21-24H2,1-7H3,(H,44,49)/t25-,26+,27-,33-,34-,36?/m0/s1. The summed E-state index contributed by atoms with van der Waals surface area (Å²) in [4.78, 5) is 48.4. The van der Waals surface area contributed by atoms with Crippen molar-refractivity contribution in [3.8, 4) is 11.3 Å². The quantitative estimate of drug-likeness (QED) is 0.319. The van der Waals surface area contributed by atoms with Crippen LogP contribution in [0.5, 0.6) is 0 Å². The molecule has 0 radical (unpaired) electrons. The largest absolute Gasteiger partial charge is 0.464 e. The molecule has 53 heavy (non-hydrogen) atoms. The molecule has 1 aromatic carbocycles. The van der Waals surface area contributed by atoms with E-state index >= 15 is 0 Å². The molecule has 5 heterocycles. The summed E-state index contributed by atoms with van der Waals surface area (Å²) in [6, 6.07) is 9.48. The van der Waals surface area contributed by atoms with Crippen LogP contribution in [0.25, 0.3) is 27.7 Å². The third kappa shape index (κ3) is 7.40. The predicted octanol–water partition coefficient (Wildman–Crippen LogP) is 5.53. The van der Waals surface area contributed by atoms with Crippen molar-refractivity contribution in [1.82, 2.24) is 30.2 Å². The van der Waals surface area contributed by atoms with Gasteiger partial charge in [-0.2, -0.15) is 0 Å². The van der Waals surface area contributed by atoms with Crippen molar-refractivity contribution in [2.24, 2.45) is 23.2 Å². The Kier molecular flexibility index (Phi) is 10.5. The lowest BCUT2D eigenvalue weighted by atomic mass is 9.84. The van der Waals surface area contributed by atoms with Gasteiger partial charge in [-0.3, -0.25) is 29.3 Å². The highest BCUT2D eigenvalue weighted by molar-refractivity contribution is 5.95. The minimum absolute atomic E-state index is 0.0700. The van der Waals surface area contributed by atoms with Crippen LogP contribution in [0.4, 0.5) is 0 Å². The molecule has 3 aliphatic heterocycles. The summed E-state index contributed by atoms with van der Waals surface area (Å²) in [6.45, 7) is 15.9. The highest BCUT2D eigenvalue weighted by Gasteiger charge is 2.49. The lowest BCUT2D eigenvalue weighted by molar-refractivity contribution is -0.155. The fraction of sp³-hybridized carbons (Fsp3) is 0.571. The fourth-order valence-corrected chi connectivity index (χ4v) is 8.72. The summed E-state index contributed by atoms with van der Waals surface area (Å²) in [6.07, 6.45) is 6.65. The summed E-state index contributed by atoms with van der Waals surface area (Å²) in [7, 11) is 1.71. The van der Waals surface area contributed by atoms with Gasteiger partial charge in [0.15, 0.2) is 0 Å². The van der Waals surface area contributed by atoms with Crippen LogP contribution < -0.4 is 10.7 Å². The van der Waals surface area contributed by atoms with Crippen LogP contribution in [0.1, 0.15) is 83.7 Å². The molecule has 2 N–H and O–H groups in total. The number of hydrogen-bond donors (Lipinski definition) is 2. The highest BCUT2D eigenvalue weighted by Crippen LogP contribution is 2.45. The van der Waals surface area contributed by atoms with Crippen molar-refractivity contribution in [2.45, 2.75) is 92.0 Å². The van der Waals surface area contributed by atoms with E-state index in [2.05, 4.69) is 85.2 Å². The van der Waals surface area contributed by atoms with Crippen LogP contribution in [-0.2, 0) is 36.8 Å². The second kappa shape index (κ2) is 15.0. The van der Waals surface area contributed by atoms with Gasteiger partial charge in [0.25, 0.3) is 5.91 Å². The molecule has 6 bridgehead atoms. The molecular weight excluding hydrogens is 668 g/mol. The molecule has 2 amide bonds. The molecular formula is C42H56N6O5. The normalized spacial score (nSPS) is 28.1. The van der Waals surface area contributed by atoms with Crippen molar-refractivity contribution < 1.29 is 23.9 Å². The average molecular weight is 725 g/mol. The molecule has 11 nitrogen and oxygen atoms in total. The Morgan fingerprint density at radius 1 is 1.17 bits per heavy atom. The molecule has 0 spiro atoms. The smallest absolute Gasteiger partial charge is 0.324 e. The summed E-state index contributed by atoms with van der Waals surface area (Å²) in [5, 5.41) is 5.85. The molecule has 11 heteroatoms. The van der Waals surface area contributed by atoms with Crippen LogP contribution in [0.15, 0.2) is 42.6 Å². The fourth-order valence-electron chi connectivity index (χ4n) is 8.72. The number of nitrogens with one attached hydrogen (secondary N) is 2. The first-order chi connectivity index (χ1) is 25.4. The second-order valence-corrected chi connectivity index (χ2v) is 16.4. The number of ether oxygens (including phenoxy) is 2. The Hall–Kier alpha value is -4.06. The number of amides is 2. The second-order valence-electron chi connectivity index (χ2n) is 16.4. The van der Waals surface area contributed by atoms with E-state index in [-0.39, 0.29) is 36.4 Å². The number of hydrogen-bond acceptors (Lipinski definition) is 8. The number of nitrogens with zero attached hydrogens (tertiary/aromatic N) is 4. The summed E-state index contributed by atoms with van der Waals surface area (Å²) < 4.78 is 14.3. The molecule has 2 unspecified atom stereocenters. The van der Waals surface area contributed by atoms with Gasteiger partial charge in [0.2, 0.25) is 5.91 Å². The van der Waals surface area contributed by atoms with Crippen LogP contribution in [-0.4, -0.2) is 89.2 Å². The molecule has 7 rings (SSSR count). The maximum absolute atomic E-state index is 14.2. The molecule has 1 saturated carbocycles. The minimum Gasteiger partial charge on any atom is -0.464 e. The Morgan fingerprint density at radius 3 is 2.70 bits per heavy atom. The number of hydrazine groups is 1. The zero-order valence-corrected chi connectivity index (χ0v) is 32.4. The van der Waals surface area contributed by atoms with Gasteiger partial charge in [-0.1, -0.05) is 39.8 Å². The molecule has 1 saturated heterocycles. The Morgan fingerprint density at radius 2 is 1.96 bits per heavy atom. The third-order valence-electron chi connectivity index (χ3n) is 12.1. The van der Waals surface area contributed by atoms with E-state index in [1.54, 1.807) is 12.1 Å². The Balaban J connectivity index is 1.32. The SMILES string of the molecule is CCn1c(-c2cccnc2[C@H](C)OC)c2c3cc(ccc31)C1=CCCN(C1)C[C@H](NC(=O)C1[C@@H](C)[C@H]1C)C(=O)N1CCC[C@H](N1)C(=O)OCC(C)(C)C2. The zero-order valence-electron chi connectivity index (χ0n) is 32.4. The first-order valence-electron chi connectivity index (χ1n) is 19.5. The average Bonchev–Trinajstić information content (AvgIpc) is 3.66. The lowest BCUT2D eigenvalue weighted by Gasteiger charge is -2.37. The number of cyclic esters (lactones) is 1. The van der Waals surface area contributed by atoms with E-state index in [9.17, 15) is 14.4 Å². The van der Waals surface area contributed by atoms with Gasteiger partial charge < -0.3 is 19.4 Å². The zero-order chi connectivity index (χ0) is 37.6. The van der Waals surface area contributed by atoms with E-state index in [1.807, 2.05) is 19.2 Å². The van der Waals surface area contributed by atoms with Crippen LogP contribution >= 0.6 is 0 Å². The molecule has 1 aliphatic carbocycles. The maximum atomic E-state index is 14.2. The summed E-state index contributed by atoms with van der Waals surface area (Å²) >= 11 is 0. The van der Waals surface area contributed by atoms with Crippen molar-refractivity contribution in [3.63, 3.8) is 0 Å². The van der Waals surface area contributed by atoms with Gasteiger partial charge in [0.1, 0.15) is 12.1 Å². The topological polar surface area (TPSA) is 118 Å². The number of rotatable bonds is 6. The van der Waals surface area contributed by atoms with Crippen molar-refractivity contribution in [2.75, 3.05) is 39.9 Å². The number of carbonyl (C=O) groups excluding carboxylic acids is 3. The summed E-state index contributed by atoms with van der Waals surface area (Å²) in [5.74, 6) is -0.158. The first kappa shape index (κ1) is 37.3. The number of carbonyl (C=O) groups is 3. The van der Waals surface area contributed by atoms with E-state index < -0.39 is 17.5 Å². The van der Waals surface area contributed by atoms with Crippen molar-refractivity contribution in [1.29, 1.82) is 0 Å². The molecule has 3 aromatic rings. The molecule has 2 fully saturated rings. The number of esters is 1. The number of aromatic nitrogens is 2. The van der Waals surface area contributed by atoms with Gasteiger partial charge in [-0.15, -0.1) is 0 Å². The number of fused-ring (bicyclic) bond motifs is 6. The van der Waals surface area contributed by atoms with E-state index in [0.717, 1.165) is 52.9 Å². The summed E-state index contributed by atoms with van der Waals surface area (Å²) in [5.41, 5.74) is 10.5. The number of pyridine rings is 1. The van der Waals surface area contributed by atoms with Crippen LogP contribution in [0.2, 0.25) is 0 Å². The van der Waals surface area contributed by atoms with Gasteiger partial charge in [0, 0.05) is 73.8 Å². The van der Waals surface area contributed by atoms with E-state index in [1.165, 1.54) is 11.1 Å². The predicted molar refractivity (Wildman–Crippen MR) is 205 cm³/mol. The third-order valence-corrected chi connectivity index (χ3v) is 12.1. The Labute approximate surface area is 313 Å². The molecule has 284 valence electrons. The number of benzene rings is 1. The highest BCUT2D eigenvalue weighted by atomic mass is 16.5. The van der Waals surface area contributed by atoms with E-state index in [0.29, 0.717) is 50.7 Å². The van der Waals surface area contributed by atoms with Gasteiger partial charge in [-0.05, 0) is 92.3 Å². The van der Waals surface area contributed by atoms with Gasteiger partial charge >= 0.3 is 5.97 Å². The number of methoxy groups -OCH3 is 1. The van der Waals surface area contributed by atoms with Gasteiger partial charge in [-0.25, -0.2) is 5.43 Å². The van der Waals surface area contributed by atoms with Crippen molar-refractivity contribution in [3.05, 3.63) is 59.4 Å². The first-order valence-corrected chi connectivity index (χ1v) is 19.5. The lowest BCUT2D eigenvalue weighted by Crippen LogP contribution is -2.62. The molecule has 2 aromatic heterocycles. The Bertz CT molecular complexity index is 1910. The number of aryl methyl sites for hydroxylation is 1. The minimum atomic E-state index is -0.750. The van der Waals surface area contributed by atoms with Crippen LogP contribution in [0, 0.1) is 23.2 Å². The maximum Gasteiger partial charge on any atom is 0.324 e. The molecule has 4 aliphatic rings.